The SMILES string of the molecule is N=C(N)c1ccc2c(c1)N(Cc1ccc(C(N)=O)cc1)C(C(=O)Nc1cccc(N3CCC(C(F)(F)F)N3)c1)C2. The summed E-state index contributed by atoms with van der Waals surface area (Å²) in [5, 5.41) is 12.2. The summed E-state index contributed by atoms with van der Waals surface area (Å²) in [5.74, 6) is -0.933. The number of amidine groups is 1. The maximum Gasteiger partial charge on any atom is 0.405 e. The van der Waals surface area contributed by atoms with Gasteiger partial charge in [0.15, 0.2) is 0 Å². The first-order chi connectivity index (χ1) is 19.0. The highest BCUT2D eigenvalue weighted by Crippen LogP contribution is 2.35. The number of nitrogens with one attached hydrogen (secondary N) is 3. The predicted molar refractivity (Wildman–Crippen MR) is 146 cm³/mol. The van der Waals surface area contributed by atoms with Gasteiger partial charge in [-0.2, -0.15) is 13.2 Å². The van der Waals surface area contributed by atoms with Crippen molar-refractivity contribution in [1.29, 1.82) is 5.41 Å². The van der Waals surface area contributed by atoms with Crippen LogP contribution in [0.4, 0.5) is 30.2 Å². The highest BCUT2D eigenvalue weighted by atomic mass is 19.4. The van der Waals surface area contributed by atoms with Crippen molar-refractivity contribution >= 4 is 34.7 Å². The van der Waals surface area contributed by atoms with Crippen molar-refractivity contribution < 1.29 is 22.8 Å². The molecule has 0 radical (unpaired) electrons. The Morgan fingerprint density at radius 2 is 1.75 bits per heavy atom. The summed E-state index contributed by atoms with van der Waals surface area (Å²) in [6.45, 7) is 0.516. The third kappa shape index (κ3) is 5.57. The van der Waals surface area contributed by atoms with Gasteiger partial charge in [-0.3, -0.25) is 15.0 Å². The number of nitrogens with zero attached hydrogens (tertiary/aromatic N) is 2. The van der Waals surface area contributed by atoms with Crippen LogP contribution in [0.15, 0.2) is 66.7 Å². The number of carbonyl (C=O) groups excluding carboxylic acids is 2. The van der Waals surface area contributed by atoms with Crippen molar-refractivity contribution in [1.82, 2.24) is 5.43 Å². The zero-order valence-corrected chi connectivity index (χ0v) is 21.3. The molecule has 40 heavy (non-hydrogen) atoms. The van der Waals surface area contributed by atoms with Crippen molar-refractivity contribution in [2.75, 3.05) is 21.8 Å². The van der Waals surface area contributed by atoms with E-state index in [9.17, 15) is 22.8 Å². The van der Waals surface area contributed by atoms with E-state index < -0.39 is 24.2 Å². The lowest BCUT2D eigenvalue weighted by atomic mass is 10.1. The Bertz CT molecular complexity index is 1460. The highest BCUT2D eigenvalue weighted by molar-refractivity contribution is 6.00. The van der Waals surface area contributed by atoms with Gasteiger partial charge < -0.3 is 26.7 Å². The number of alkyl halides is 3. The molecular weight excluding hydrogens is 523 g/mol. The van der Waals surface area contributed by atoms with E-state index in [0.717, 1.165) is 16.8 Å². The topological polar surface area (TPSA) is 141 Å². The van der Waals surface area contributed by atoms with E-state index >= 15 is 0 Å². The molecule has 9 nitrogen and oxygen atoms in total. The molecule has 0 spiro atoms. The monoisotopic (exact) mass is 551 g/mol. The van der Waals surface area contributed by atoms with Crippen molar-refractivity contribution in [3.05, 3.63) is 89.0 Å². The van der Waals surface area contributed by atoms with Gasteiger partial charge in [0, 0.05) is 42.0 Å². The number of anilines is 3. The Balaban J connectivity index is 1.37. The second-order valence-electron chi connectivity index (χ2n) is 9.87. The normalized spacial score (nSPS) is 18.5. The lowest BCUT2D eigenvalue weighted by Crippen LogP contribution is -2.43. The Labute approximate surface area is 228 Å². The molecule has 0 saturated carbocycles. The molecule has 5 rings (SSSR count). The van der Waals surface area contributed by atoms with Crippen molar-refractivity contribution in [2.24, 2.45) is 11.5 Å². The Hall–Kier alpha value is -4.58. The number of benzene rings is 3. The summed E-state index contributed by atoms with van der Waals surface area (Å²) in [7, 11) is 0. The molecule has 0 aromatic heterocycles. The van der Waals surface area contributed by atoms with E-state index in [1.807, 2.05) is 11.0 Å². The molecule has 3 aromatic rings. The molecule has 0 bridgehead atoms. The van der Waals surface area contributed by atoms with Gasteiger partial charge >= 0.3 is 6.18 Å². The third-order valence-corrected chi connectivity index (χ3v) is 7.16. The number of hydrazine groups is 1. The number of nitrogen functional groups attached to an aromatic ring is 1. The summed E-state index contributed by atoms with van der Waals surface area (Å²) in [5.41, 5.74) is 17.9. The van der Waals surface area contributed by atoms with E-state index in [0.29, 0.717) is 35.5 Å². The second kappa shape index (κ2) is 10.5. The van der Waals surface area contributed by atoms with Gasteiger partial charge in [-0.05, 0) is 53.9 Å². The van der Waals surface area contributed by atoms with Crippen molar-refractivity contribution in [2.45, 2.75) is 37.6 Å². The first kappa shape index (κ1) is 27.0. The molecule has 2 amide bonds. The van der Waals surface area contributed by atoms with Crippen LogP contribution in [-0.4, -0.2) is 42.5 Å². The number of nitrogens with two attached hydrogens (primary N) is 2. The van der Waals surface area contributed by atoms with Gasteiger partial charge in [-0.15, -0.1) is 0 Å². The largest absolute Gasteiger partial charge is 0.405 e. The fraction of sp³-hybridized carbons (Fsp3) is 0.250. The summed E-state index contributed by atoms with van der Waals surface area (Å²) >= 11 is 0. The van der Waals surface area contributed by atoms with E-state index in [4.69, 9.17) is 16.9 Å². The van der Waals surface area contributed by atoms with Crippen LogP contribution in [0.25, 0.3) is 0 Å². The van der Waals surface area contributed by atoms with E-state index in [1.165, 1.54) is 5.01 Å². The minimum absolute atomic E-state index is 0.0714. The molecule has 2 aliphatic heterocycles. The van der Waals surface area contributed by atoms with Crippen LogP contribution in [-0.2, 0) is 17.8 Å². The molecule has 2 heterocycles. The molecule has 0 aliphatic carbocycles. The molecule has 2 unspecified atom stereocenters. The molecule has 2 atom stereocenters. The number of primary amides is 1. The number of hydrogen-bond donors (Lipinski definition) is 5. The molecule has 12 heteroatoms. The van der Waals surface area contributed by atoms with Crippen molar-refractivity contribution in [3.63, 3.8) is 0 Å². The Kier molecular flexibility index (Phi) is 7.11. The summed E-state index contributed by atoms with van der Waals surface area (Å²) in [6, 6.07) is 16.6. The lowest BCUT2D eigenvalue weighted by Gasteiger charge is -2.27. The van der Waals surface area contributed by atoms with Gasteiger partial charge in [-0.1, -0.05) is 30.3 Å². The zero-order chi connectivity index (χ0) is 28.6. The molecular formula is C28H28F3N7O2. The van der Waals surface area contributed by atoms with Gasteiger partial charge in [0.25, 0.3) is 0 Å². The van der Waals surface area contributed by atoms with Gasteiger partial charge in [0.1, 0.15) is 17.9 Å². The number of carbonyl (C=O) groups is 2. The molecule has 2 aliphatic rings. The van der Waals surface area contributed by atoms with Crippen LogP contribution in [0.3, 0.4) is 0 Å². The van der Waals surface area contributed by atoms with Crippen LogP contribution < -0.4 is 32.1 Å². The second-order valence-corrected chi connectivity index (χ2v) is 9.87. The Morgan fingerprint density at radius 3 is 2.40 bits per heavy atom. The van der Waals surface area contributed by atoms with Gasteiger partial charge in [0.2, 0.25) is 11.8 Å². The van der Waals surface area contributed by atoms with Crippen LogP contribution in [0.5, 0.6) is 0 Å². The van der Waals surface area contributed by atoms with Crippen LogP contribution >= 0.6 is 0 Å². The maximum atomic E-state index is 13.6. The summed E-state index contributed by atoms with van der Waals surface area (Å²) in [4.78, 5) is 27.0. The fourth-order valence-corrected chi connectivity index (χ4v) is 5.05. The number of rotatable bonds is 7. The summed E-state index contributed by atoms with van der Waals surface area (Å²) in [6.07, 6.45) is -4.01. The predicted octanol–water partition coefficient (Wildman–Crippen LogP) is 3.29. The molecule has 7 N–H and O–H groups in total. The molecule has 3 aromatic carbocycles. The number of halogens is 3. The lowest BCUT2D eigenvalue weighted by molar-refractivity contribution is -0.151. The first-order valence-electron chi connectivity index (χ1n) is 12.6. The minimum atomic E-state index is -4.34. The highest BCUT2D eigenvalue weighted by Gasteiger charge is 2.43. The standard InChI is InChI=1S/C28H28F3N7O2/c29-28(30,31)24-10-11-38(36-24)21-3-1-2-20(14-21)35-27(40)23-12-18-8-9-19(25(32)33)13-22(18)37(23)15-16-4-6-17(7-5-16)26(34)39/h1-9,13-14,23-24,36H,10-12,15H2,(H3,32,33)(H2,34,39)(H,35,40). The smallest absolute Gasteiger partial charge is 0.384 e. The summed E-state index contributed by atoms with van der Waals surface area (Å²) < 4.78 is 39.3. The third-order valence-electron chi connectivity index (χ3n) is 7.16. The van der Waals surface area contributed by atoms with Gasteiger partial charge in [-0.25, -0.2) is 5.43 Å². The van der Waals surface area contributed by atoms with Crippen LogP contribution in [0, 0.1) is 5.41 Å². The van der Waals surface area contributed by atoms with Crippen LogP contribution in [0.2, 0.25) is 0 Å². The average molecular weight is 552 g/mol. The fourth-order valence-electron chi connectivity index (χ4n) is 5.05. The van der Waals surface area contributed by atoms with E-state index in [1.54, 1.807) is 60.7 Å². The minimum Gasteiger partial charge on any atom is -0.384 e. The maximum absolute atomic E-state index is 13.6. The van der Waals surface area contributed by atoms with Crippen LogP contribution in [0.1, 0.15) is 33.5 Å². The van der Waals surface area contributed by atoms with Crippen molar-refractivity contribution in [3.8, 4) is 0 Å². The molecule has 1 fully saturated rings. The van der Waals surface area contributed by atoms with E-state index in [-0.39, 0.29) is 24.7 Å². The Morgan fingerprint density at radius 1 is 1.02 bits per heavy atom. The van der Waals surface area contributed by atoms with Gasteiger partial charge in [0.05, 0.1) is 5.69 Å². The number of amides is 2. The average Bonchev–Trinajstić information content (AvgIpc) is 3.55. The quantitative estimate of drug-likeness (QED) is 0.226. The number of fused-ring (bicyclic) bond motifs is 1. The molecule has 1 saturated heterocycles. The molecule has 208 valence electrons. The zero-order valence-electron chi connectivity index (χ0n) is 21.3. The number of hydrogen-bond acceptors (Lipinski definition) is 6. The first-order valence-corrected chi connectivity index (χ1v) is 12.6. The van der Waals surface area contributed by atoms with E-state index in [2.05, 4.69) is 10.7 Å².